The van der Waals surface area contributed by atoms with Gasteiger partial charge in [0.05, 0.1) is 5.41 Å². The van der Waals surface area contributed by atoms with Gasteiger partial charge in [-0.25, -0.2) is 9.59 Å². The van der Waals surface area contributed by atoms with Crippen molar-refractivity contribution in [3.63, 3.8) is 0 Å². The summed E-state index contributed by atoms with van der Waals surface area (Å²) in [6.45, 7) is 3.30. The number of likely N-dealkylation sites (tertiary alicyclic amines) is 2. The van der Waals surface area contributed by atoms with E-state index in [0.717, 1.165) is 57.5 Å². The maximum absolute atomic E-state index is 12.8. The number of carbonyl (C=O) groups excluding carboxylic acids is 2. The van der Waals surface area contributed by atoms with Crippen molar-refractivity contribution in [2.75, 3.05) is 45.6 Å². The Morgan fingerprint density at radius 3 is 2.17 bits per heavy atom. The molecule has 0 radical (unpaired) electrons. The number of piperidine rings is 1. The Morgan fingerprint density at radius 2 is 1.66 bits per heavy atom. The highest BCUT2D eigenvalue weighted by atomic mass is 35.5. The third kappa shape index (κ3) is 5.66. The molecule has 3 fully saturated rings. The van der Waals surface area contributed by atoms with Crippen LogP contribution in [0.5, 0.6) is 0 Å². The summed E-state index contributed by atoms with van der Waals surface area (Å²) in [5, 5.41) is 13.7. The van der Waals surface area contributed by atoms with Crippen LogP contribution in [0.1, 0.15) is 25.7 Å². The lowest BCUT2D eigenvalue weighted by atomic mass is 9.65. The first kappa shape index (κ1) is 27.1. The van der Waals surface area contributed by atoms with Crippen molar-refractivity contribution in [1.29, 1.82) is 0 Å². The number of carboxylic acids is 1. The van der Waals surface area contributed by atoms with E-state index in [9.17, 15) is 22.8 Å². The summed E-state index contributed by atoms with van der Waals surface area (Å²) in [6.07, 6.45) is -1.10. The molecule has 3 aliphatic rings. The zero-order chi connectivity index (χ0) is 26.0. The largest absolute Gasteiger partial charge is 0.490 e. The molecule has 12 heteroatoms. The SMILES string of the molecule is CNC(=O)[C@@]12CCC3(CCN(C(=O)Nc4ccc(Cl)cc4)CC3)[C@@H]1CN(C)C2.O=C(O)C(F)(F)F. The second-order valence-electron chi connectivity index (χ2n) is 9.57. The Kier molecular flexibility index (Phi) is 7.90. The van der Waals surface area contributed by atoms with Crippen LogP contribution in [-0.2, 0) is 9.59 Å². The first-order valence-corrected chi connectivity index (χ1v) is 11.7. The fourth-order valence-corrected chi connectivity index (χ4v) is 6.03. The number of alkyl halides is 3. The normalized spacial score (nSPS) is 25.4. The van der Waals surface area contributed by atoms with Gasteiger partial charge in [-0.05, 0) is 68.3 Å². The highest BCUT2D eigenvalue weighted by molar-refractivity contribution is 6.30. The van der Waals surface area contributed by atoms with Gasteiger partial charge in [-0.1, -0.05) is 11.6 Å². The second-order valence-corrected chi connectivity index (χ2v) is 10.0. The van der Waals surface area contributed by atoms with Gasteiger partial charge in [-0.15, -0.1) is 0 Å². The predicted molar refractivity (Wildman–Crippen MR) is 124 cm³/mol. The third-order valence-electron chi connectivity index (χ3n) is 7.59. The van der Waals surface area contributed by atoms with Crippen LogP contribution in [0, 0.1) is 16.7 Å². The number of hydrogen-bond acceptors (Lipinski definition) is 4. The molecule has 4 rings (SSSR count). The standard InChI is InChI=1S/C21H29ClN4O2.C2HF3O2/c1-23-18(27)21-8-7-20(17(21)13-25(2)14-21)9-11-26(12-10-20)19(28)24-16-5-3-15(22)4-6-16;3-2(4,5)1(6)7/h3-6,17H,7-14H2,1-2H3,(H,23,27)(H,24,28);(H,6,7)/t17-,21+;/m0./s1. The maximum Gasteiger partial charge on any atom is 0.490 e. The smallest absolute Gasteiger partial charge is 0.475 e. The number of benzene rings is 1. The van der Waals surface area contributed by atoms with Crippen LogP contribution < -0.4 is 10.6 Å². The van der Waals surface area contributed by atoms with Crippen LogP contribution in [0.4, 0.5) is 23.7 Å². The molecule has 35 heavy (non-hydrogen) atoms. The number of anilines is 1. The molecule has 3 amide bonds. The van der Waals surface area contributed by atoms with E-state index in [4.69, 9.17) is 21.5 Å². The number of rotatable bonds is 2. The van der Waals surface area contributed by atoms with E-state index in [2.05, 4.69) is 22.6 Å². The molecule has 194 valence electrons. The molecule has 1 aromatic carbocycles. The molecule has 0 unspecified atom stereocenters. The van der Waals surface area contributed by atoms with Gasteiger partial charge < -0.3 is 25.5 Å². The average molecular weight is 519 g/mol. The number of carbonyl (C=O) groups is 3. The number of hydrogen-bond donors (Lipinski definition) is 3. The zero-order valence-corrected chi connectivity index (χ0v) is 20.4. The Balaban J connectivity index is 0.000000429. The minimum Gasteiger partial charge on any atom is -0.475 e. The quantitative estimate of drug-likeness (QED) is 0.554. The van der Waals surface area contributed by atoms with Crippen LogP contribution in [-0.4, -0.2) is 79.3 Å². The molecular weight excluding hydrogens is 489 g/mol. The number of amides is 3. The van der Waals surface area contributed by atoms with Crippen LogP contribution in [0.2, 0.25) is 5.02 Å². The van der Waals surface area contributed by atoms with E-state index in [1.807, 2.05) is 17.0 Å². The summed E-state index contributed by atoms with van der Waals surface area (Å²) < 4.78 is 31.7. The molecule has 3 N–H and O–H groups in total. The van der Waals surface area contributed by atoms with Gasteiger partial charge in [-0.2, -0.15) is 13.2 Å². The first-order valence-electron chi connectivity index (χ1n) is 11.4. The molecule has 0 aromatic heterocycles. The lowest BCUT2D eigenvalue weighted by molar-refractivity contribution is -0.192. The molecular formula is C23H30ClF3N4O4. The van der Waals surface area contributed by atoms with Crippen molar-refractivity contribution < 1.29 is 32.7 Å². The summed E-state index contributed by atoms with van der Waals surface area (Å²) in [6, 6.07) is 7.12. The molecule has 2 aliphatic heterocycles. The minimum absolute atomic E-state index is 0.0590. The van der Waals surface area contributed by atoms with Crippen molar-refractivity contribution in [3.8, 4) is 0 Å². The average Bonchev–Trinajstić information content (AvgIpc) is 3.29. The van der Waals surface area contributed by atoms with Gasteiger partial charge in [0, 0.05) is 43.9 Å². The van der Waals surface area contributed by atoms with E-state index in [-0.39, 0.29) is 22.8 Å². The van der Waals surface area contributed by atoms with Gasteiger partial charge in [0.1, 0.15) is 0 Å². The summed E-state index contributed by atoms with van der Waals surface area (Å²) in [4.78, 5) is 38.5. The van der Waals surface area contributed by atoms with Crippen LogP contribution in [0.25, 0.3) is 0 Å². The fraction of sp³-hybridized carbons (Fsp3) is 0.609. The van der Waals surface area contributed by atoms with Gasteiger partial charge in [0.25, 0.3) is 0 Å². The topological polar surface area (TPSA) is 102 Å². The third-order valence-corrected chi connectivity index (χ3v) is 7.84. The number of carboxylic acid groups (broad SMARTS) is 1. The van der Waals surface area contributed by atoms with E-state index < -0.39 is 12.1 Å². The molecule has 1 aliphatic carbocycles. The molecule has 2 atom stereocenters. The van der Waals surface area contributed by atoms with Crippen molar-refractivity contribution in [2.45, 2.75) is 31.9 Å². The summed E-state index contributed by atoms with van der Waals surface area (Å²) >= 11 is 5.91. The molecule has 1 saturated carbocycles. The minimum atomic E-state index is -5.08. The van der Waals surface area contributed by atoms with Gasteiger partial charge in [-0.3, -0.25) is 4.79 Å². The zero-order valence-electron chi connectivity index (χ0n) is 19.6. The van der Waals surface area contributed by atoms with E-state index in [1.54, 1.807) is 19.2 Å². The van der Waals surface area contributed by atoms with Crippen molar-refractivity contribution in [2.24, 2.45) is 16.7 Å². The molecule has 2 saturated heterocycles. The maximum atomic E-state index is 12.8. The second kappa shape index (κ2) is 10.2. The lowest BCUT2D eigenvalue weighted by Crippen LogP contribution is -2.50. The van der Waals surface area contributed by atoms with Crippen molar-refractivity contribution >= 4 is 35.2 Å². The number of aliphatic carboxylic acids is 1. The molecule has 1 aromatic rings. The monoisotopic (exact) mass is 518 g/mol. The number of fused-ring (bicyclic) bond motifs is 2. The molecule has 8 nitrogen and oxygen atoms in total. The van der Waals surface area contributed by atoms with Crippen LogP contribution >= 0.6 is 11.6 Å². The summed E-state index contributed by atoms with van der Waals surface area (Å²) in [5.41, 5.74) is 0.678. The highest BCUT2D eigenvalue weighted by Gasteiger charge is 2.63. The Bertz CT molecular complexity index is 951. The van der Waals surface area contributed by atoms with Gasteiger partial charge in [0.2, 0.25) is 5.91 Å². The lowest BCUT2D eigenvalue weighted by Gasteiger charge is -2.44. The van der Waals surface area contributed by atoms with Crippen LogP contribution in [0.3, 0.4) is 0 Å². The number of urea groups is 1. The molecule has 0 bridgehead atoms. The number of nitrogens with one attached hydrogen (secondary N) is 2. The first-order chi connectivity index (χ1) is 16.3. The van der Waals surface area contributed by atoms with E-state index in [0.29, 0.717) is 10.9 Å². The van der Waals surface area contributed by atoms with E-state index >= 15 is 0 Å². The fourth-order valence-electron chi connectivity index (χ4n) is 5.90. The Morgan fingerprint density at radius 1 is 1.09 bits per heavy atom. The van der Waals surface area contributed by atoms with Crippen molar-refractivity contribution in [3.05, 3.63) is 29.3 Å². The number of nitrogens with zero attached hydrogens (tertiary/aromatic N) is 2. The van der Waals surface area contributed by atoms with E-state index in [1.165, 1.54) is 0 Å². The van der Waals surface area contributed by atoms with Crippen LogP contribution in [0.15, 0.2) is 24.3 Å². The van der Waals surface area contributed by atoms with Gasteiger partial charge >= 0.3 is 18.2 Å². The predicted octanol–water partition coefficient (Wildman–Crippen LogP) is 3.68. The van der Waals surface area contributed by atoms with Gasteiger partial charge in [0.15, 0.2) is 0 Å². The highest BCUT2D eigenvalue weighted by Crippen LogP contribution is 2.61. The Hall–Kier alpha value is -2.53. The molecule has 2 heterocycles. The van der Waals surface area contributed by atoms with Crippen molar-refractivity contribution in [1.82, 2.24) is 15.1 Å². The molecule has 1 spiro atoms. The summed E-state index contributed by atoms with van der Waals surface area (Å²) in [5.74, 6) is -2.18. The Labute approximate surface area is 206 Å². The number of halogens is 4. The summed E-state index contributed by atoms with van der Waals surface area (Å²) in [7, 11) is 3.87.